The molecule has 0 amide bonds. The summed E-state index contributed by atoms with van der Waals surface area (Å²) in [5, 5.41) is 47.3. The maximum atomic E-state index is 12.9. The average molecular weight is 272 g/mol. The maximum Gasteiger partial charge on any atom is 0.243 e. The number of benzene rings is 1. The van der Waals surface area contributed by atoms with Crippen molar-refractivity contribution in [3.63, 3.8) is 0 Å². The van der Waals surface area contributed by atoms with Gasteiger partial charge in [-0.25, -0.2) is 4.39 Å². The van der Waals surface area contributed by atoms with Crippen molar-refractivity contribution in [1.82, 2.24) is 0 Å². The molecule has 1 aromatic carbocycles. The Labute approximate surface area is 113 Å². The predicted molar refractivity (Wildman–Crippen MR) is 65.9 cm³/mol. The number of hydrogen-bond donors (Lipinski definition) is 3. The Hall–Kier alpha value is -2.67. The van der Waals surface area contributed by atoms with Crippen LogP contribution in [0.25, 0.3) is 5.57 Å². The van der Waals surface area contributed by atoms with Crippen LogP contribution < -0.4 is 0 Å². The van der Waals surface area contributed by atoms with Crippen molar-refractivity contribution in [1.29, 1.82) is 10.5 Å². The highest BCUT2D eigenvalue weighted by Gasteiger charge is 2.46. The van der Waals surface area contributed by atoms with Crippen molar-refractivity contribution in [3.8, 4) is 12.1 Å². The molecular formula is C14H9FN2O3. The van der Waals surface area contributed by atoms with Crippen molar-refractivity contribution in [2.75, 3.05) is 0 Å². The number of aliphatic hydroxyl groups is 3. The van der Waals surface area contributed by atoms with Crippen LogP contribution in [0.3, 0.4) is 0 Å². The van der Waals surface area contributed by atoms with Crippen LogP contribution in [0.4, 0.5) is 4.39 Å². The van der Waals surface area contributed by atoms with Crippen molar-refractivity contribution < 1.29 is 19.7 Å². The molecule has 0 fully saturated rings. The van der Waals surface area contributed by atoms with Crippen molar-refractivity contribution in [2.24, 2.45) is 5.92 Å². The molecule has 1 unspecified atom stereocenters. The first-order chi connectivity index (χ1) is 9.41. The number of aliphatic hydroxyl groups excluding tert-OH is 1. The first-order valence-corrected chi connectivity index (χ1v) is 5.57. The second kappa shape index (κ2) is 4.78. The number of allylic oxidation sites excluding steroid dienone is 2. The molecule has 0 radical (unpaired) electrons. The molecule has 20 heavy (non-hydrogen) atoms. The predicted octanol–water partition coefficient (Wildman–Crippen LogP) is 1.38. The maximum absolute atomic E-state index is 12.9. The van der Waals surface area contributed by atoms with Crippen molar-refractivity contribution in [3.05, 3.63) is 53.1 Å². The van der Waals surface area contributed by atoms with Gasteiger partial charge in [0.05, 0.1) is 17.7 Å². The van der Waals surface area contributed by atoms with E-state index < -0.39 is 23.3 Å². The lowest BCUT2D eigenvalue weighted by Crippen LogP contribution is -2.42. The Morgan fingerprint density at radius 1 is 1.15 bits per heavy atom. The third-order valence-corrected chi connectivity index (χ3v) is 3.04. The summed E-state index contributed by atoms with van der Waals surface area (Å²) in [5.74, 6) is -5.74. The fourth-order valence-corrected chi connectivity index (χ4v) is 2.02. The molecule has 0 bridgehead atoms. The number of rotatable bonds is 1. The largest absolute Gasteiger partial charge is 0.507 e. The van der Waals surface area contributed by atoms with Crippen molar-refractivity contribution in [2.45, 2.75) is 5.79 Å². The topological polar surface area (TPSA) is 108 Å². The molecule has 5 nitrogen and oxygen atoms in total. The summed E-state index contributed by atoms with van der Waals surface area (Å²) in [4.78, 5) is 0. The molecule has 0 saturated carbocycles. The van der Waals surface area contributed by atoms with Gasteiger partial charge in [-0.2, -0.15) is 10.5 Å². The number of hydrogen-bond acceptors (Lipinski definition) is 5. The molecule has 1 atom stereocenters. The molecule has 1 aliphatic carbocycles. The fourth-order valence-electron chi connectivity index (χ4n) is 2.02. The summed E-state index contributed by atoms with van der Waals surface area (Å²) in [5.41, 5.74) is 0.239. The standard InChI is InChI=1S/C14H9FN2O3/c15-10-3-1-8(2-4-10)13-9(6-16)5-12(18)14(19,20)11(13)7-17/h1-5,11,18-20H. The normalized spacial score (nSPS) is 20.9. The van der Waals surface area contributed by atoms with Crippen LogP contribution in [0.5, 0.6) is 0 Å². The lowest BCUT2D eigenvalue weighted by atomic mass is 9.79. The van der Waals surface area contributed by atoms with Crippen LogP contribution in [0.1, 0.15) is 5.56 Å². The highest BCUT2D eigenvalue weighted by atomic mass is 19.1. The van der Waals surface area contributed by atoms with Crippen molar-refractivity contribution >= 4 is 5.57 Å². The molecule has 3 N–H and O–H groups in total. The monoisotopic (exact) mass is 272 g/mol. The van der Waals surface area contributed by atoms with Gasteiger partial charge in [-0.1, -0.05) is 12.1 Å². The van der Waals surface area contributed by atoms with Crippen LogP contribution >= 0.6 is 0 Å². The average Bonchev–Trinajstić information content (AvgIpc) is 2.42. The quantitative estimate of drug-likeness (QED) is 0.669. The van der Waals surface area contributed by atoms with E-state index in [4.69, 9.17) is 10.5 Å². The third kappa shape index (κ3) is 2.04. The van der Waals surface area contributed by atoms with Gasteiger partial charge < -0.3 is 15.3 Å². The summed E-state index contributed by atoms with van der Waals surface area (Å²) in [7, 11) is 0. The van der Waals surface area contributed by atoms with E-state index in [9.17, 15) is 19.7 Å². The SMILES string of the molecule is N#CC1=C(c2ccc(F)cc2)C(C#N)C(O)(O)C(O)=C1. The lowest BCUT2D eigenvalue weighted by molar-refractivity contribution is -0.165. The van der Waals surface area contributed by atoms with E-state index in [1.54, 1.807) is 12.1 Å². The van der Waals surface area contributed by atoms with E-state index >= 15 is 0 Å². The van der Waals surface area contributed by atoms with Gasteiger partial charge in [0.1, 0.15) is 11.7 Å². The van der Waals surface area contributed by atoms with E-state index in [-0.39, 0.29) is 11.1 Å². The molecule has 6 heteroatoms. The summed E-state index contributed by atoms with van der Waals surface area (Å²) >= 11 is 0. The Morgan fingerprint density at radius 2 is 1.75 bits per heavy atom. The van der Waals surface area contributed by atoms with E-state index in [0.29, 0.717) is 5.56 Å². The van der Waals surface area contributed by atoms with Gasteiger partial charge in [0.15, 0.2) is 5.76 Å². The lowest BCUT2D eigenvalue weighted by Gasteiger charge is -2.31. The second-order valence-corrected chi connectivity index (χ2v) is 4.26. The van der Waals surface area contributed by atoms with Gasteiger partial charge in [0, 0.05) is 5.57 Å². The van der Waals surface area contributed by atoms with Gasteiger partial charge in [-0.05, 0) is 23.8 Å². The van der Waals surface area contributed by atoms with E-state index in [0.717, 1.165) is 18.2 Å². The smallest absolute Gasteiger partial charge is 0.243 e. The zero-order valence-electron chi connectivity index (χ0n) is 10.1. The molecule has 2 rings (SSSR count). The number of halogens is 1. The van der Waals surface area contributed by atoms with Gasteiger partial charge in [-0.15, -0.1) is 0 Å². The molecular weight excluding hydrogens is 263 g/mol. The third-order valence-electron chi connectivity index (χ3n) is 3.04. The molecule has 0 aromatic heterocycles. The first-order valence-electron chi connectivity index (χ1n) is 5.57. The van der Waals surface area contributed by atoms with E-state index in [1.165, 1.54) is 12.1 Å². The molecule has 0 spiro atoms. The fraction of sp³-hybridized carbons (Fsp3) is 0.143. The summed E-state index contributed by atoms with van der Waals surface area (Å²) in [6.07, 6.45) is 0.881. The van der Waals surface area contributed by atoms with E-state index in [1.807, 2.05) is 0 Å². The highest BCUT2D eigenvalue weighted by Crippen LogP contribution is 2.40. The van der Waals surface area contributed by atoms with Crippen LogP contribution in [0, 0.1) is 34.4 Å². The molecule has 0 aliphatic heterocycles. The zero-order valence-corrected chi connectivity index (χ0v) is 10.1. The zero-order chi connectivity index (χ0) is 14.9. The van der Waals surface area contributed by atoms with E-state index in [2.05, 4.69) is 0 Å². The van der Waals surface area contributed by atoms with Crippen LogP contribution in [0.15, 0.2) is 41.7 Å². The molecule has 0 saturated heterocycles. The molecule has 0 heterocycles. The summed E-state index contributed by atoms with van der Waals surface area (Å²) in [6.45, 7) is 0. The van der Waals surface area contributed by atoms with Crippen LogP contribution in [-0.4, -0.2) is 21.1 Å². The first kappa shape index (κ1) is 13.8. The summed E-state index contributed by atoms with van der Waals surface area (Å²) < 4.78 is 12.9. The number of nitriles is 2. The minimum Gasteiger partial charge on any atom is -0.507 e. The highest BCUT2D eigenvalue weighted by molar-refractivity contribution is 5.80. The second-order valence-electron chi connectivity index (χ2n) is 4.26. The Morgan fingerprint density at radius 3 is 2.25 bits per heavy atom. The number of nitrogens with zero attached hydrogens (tertiary/aromatic N) is 2. The Balaban J connectivity index is 2.71. The molecule has 1 aromatic rings. The minimum atomic E-state index is -2.79. The molecule has 1 aliphatic rings. The Kier molecular flexibility index (Phi) is 3.29. The van der Waals surface area contributed by atoms with Gasteiger partial charge >= 0.3 is 0 Å². The minimum absolute atomic E-state index is 0.0257. The van der Waals surface area contributed by atoms with Crippen LogP contribution in [-0.2, 0) is 0 Å². The van der Waals surface area contributed by atoms with Gasteiger partial charge in [0.2, 0.25) is 5.79 Å². The summed E-state index contributed by atoms with van der Waals surface area (Å²) in [6, 6.07) is 8.31. The van der Waals surface area contributed by atoms with Gasteiger partial charge in [0.25, 0.3) is 0 Å². The van der Waals surface area contributed by atoms with Crippen LogP contribution in [0.2, 0.25) is 0 Å². The molecule has 100 valence electrons. The Bertz CT molecular complexity index is 691. The van der Waals surface area contributed by atoms with Gasteiger partial charge in [-0.3, -0.25) is 0 Å².